The highest BCUT2D eigenvalue weighted by atomic mass is 79.9. The molecule has 0 amide bonds. The molecule has 0 aliphatic heterocycles. The lowest BCUT2D eigenvalue weighted by atomic mass is 10.4. The Hall–Kier alpha value is -0.680. The quantitative estimate of drug-likeness (QED) is 0.594. The van der Waals surface area contributed by atoms with Gasteiger partial charge in [0, 0.05) is 11.5 Å². The van der Waals surface area contributed by atoms with Crippen molar-refractivity contribution in [2.45, 2.75) is 0 Å². The first-order chi connectivity index (χ1) is 5.72. The molecular formula is C7H6BrNO2S. The van der Waals surface area contributed by atoms with E-state index in [2.05, 4.69) is 25.7 Å². The number of carbonyl (C=O) groups is 1. The van der Waals surface area contributed by atoms with Crippen molar-refractivity contribution >= 4 is 39.3 Å². The van der Waals surface area contributed by atoms with Gasteiger partial charge in [-0.2, -0.15) is 0 Å². The zero-order chi connectivity index (χ0) is 8.97. The lowest BCUT2D eigenvalue weighted by Gasteiger charge is -1.87. The smallest absolute Gasteiger partial charge is 0.330 e. The van der Waals surface area contributed by atoms with Crippen LogP contribution in [0.4, 0.5) is 0 Å². The summed E-state index contributed by atoms with van der Waals surface area (Å²) in [5.74, 6) is -0.376. The Morgan fingerprint density at radius 2 is 2.58 bits per heavy atom. The second-order valence-corrected chi connectivity index (χ2v) is 4.02. The van der Waals surface area contributed by atoms with Crippen LogP contribution >= 0.6 is 27.3 Å². The Kier molecular flexibility index (Phi) is 3.43. The van der Waals surface area contributed by atoms with Gasteiger partial charge < -0.3 is 4.74 Å². The number of halogens is 1. The first-order valence-corrected chi connectivity index (χ1v) is 4.76. The van der Waals surface area contributed by atoms with Crippen molar-refractivity contribution in [2.24, 2.45) is 0 Å². The molecule has 0 atom stereocenters. The number of hydrogen-bond acceptors (Lipinski definition) is 4. The van der Waals surface area contributed by atoms with E-state index in [0.717, 1.165) is 9.61 Å². The van der Waals surface area contributed by atoms with Crippen LogP contribution in [0.5, 0.6) is 0 Å². The lowest BCUT2D eigenvalue weighted by molar-refractivity contribution is -0.134. The van der Waals surface area contributed by atoms with E-state index in [4.69, 9.17) is 0 Å². The number of thiazole rings is 1. The lowest BCUT2D eigenvalue weighted by Crippen LogP contribution is -1.93. The fourth-order valence-corrected chi connectivity index (χ4v) is 1.55. The zero-order valence-electron chi connectivity index (χ0n) is 6.28. The third kappa shape index (κ3) is 2.75. The van der Waals surface area contributed by atoms with Crippen molar-refractivity contribution < 1.29 is 9.53 Å². The second kappa shape index (κ2) is 4.37. The Bertz CT molecular complexity index is 308. The Morgan fingerprint density at radius 1 is 1.83 bits per heavy atom. The Balaban J connectivity index is 2.63. The topological polar surface area (TPSA) is 39.2 Å². The summed E-state index contributed by atoms with van der Waals surface area (Å²) in [6.45, 7) is 0. The number of rotatable bonds is 2. The minimum atomic E-state index is -0.376. The molecule has 0 unspecified atom stereocenters. The fraction of sp³-hybridized carbons (Fsp3) is 0.143. The van der Waals surface area contributed by atoms with E-state index >= 15 is 0 Å². The molecule has 1 heterocycles. The van der Waals surface area contributed by atoms with E-state index in [1.54, 1.807) is 6.08 Å². The molecule has 1 aromatic heterocycles. The highest BCUT2D eigenvalue weighted by Crippen LogP contribution is 2.16. The summed E-state index contributed by atoms with van der Waals surface area (Å²) in [7, 11) is 1.34. The highest BCUT2D eigenvalue weighted by molar-refractivity contribution is 9.11. The maximum Gasteiger partial charge on any atom is 0.330 e. The van der Waals surface area contributed by atoms with E-state index in [-0.39, 0.29) is 5.97 Å². The third-order valence-electron chi connectivity index (χ3n) is 1.09. The van der Waals surface area contributed by atoms with E-state index in [9.17, 15) is 4.79 Å². The number of methoxy groups -OCH3 is 1. The molecule has 1 aromatic rings. The van der Waals surface area contributed by atoms with Gasteiger partial charge in [0.2, 0.25) is 0 Å². The van der Waals surface area contributed by atoms with Gasteiger partial charge in [-0.3, -0.25) is 0 Å². The van der Waals surface area contributed by atoms with Crippen LogP contribution in [0.25, 0.3) is 6.08 Å². The number of carbonyl (C=O) groups excluding carboxylic acids is 1. The van der Waals surface area contributed by atoms with Gasteiger partial charge in [0.15, 0.2) is 3.92 Å². The summed E-state index contributed by atoms with van der Waals surface area (Å²) >= 11 is 4.68. The minimum absolute atomic E-state index is 0.376. The molecule has 0 radical (unpaired) electrons. The molecule has 0 aliphatic carbocycles. The Morgan fingerprint density at radius 3 is 3.08 bits per heavy atom. The van der Waals surface area contributed by atoms with Crippen LogP contribution < -0.4 is 0 Å². The molecule has 3 nitrogen and oxygen atoms in total. The number of nitrogens with zero attached hydrogens (tertiary/aromatic N) is 1. The molecule has 0 aromatic carbocycles. The van der Waals surface area contributed by atoms with Crippen molar-refractivity contribution in [2.75, 3.05) is 7.11 Å². The molecular weight excluding hydrogens is 242 g/mol. The predicted octanol–water partition coefficient (Wildman–Crippen LogP) is 2.09. The average molecular weight is 248 g/mol. The largest absolute Gasteiger partial charge is 0.466 e. The van der Waals surface area contributed by atoms with Crippen molar-refractivity contribution in [1.82, 2.24) is 4.98 Å². The molecule has 1 rings (SSSR count). The fourth-order valence-electron chi connectivity index (χ4n) is 0.561. The average Bonchev–Trinajstić information content (AvgIpc) is 2.47. The monoisotopic (exact) mass is 247 g/mol. The van der Waals surface area contributed by atoms with Crippen molar-refractivity contribution in [3.8, 4) is 0 Å². The summed E-state index contributed by atoms with van der Waals surface area (Å²) in [4.78, 5) is 14.7. The van der Waals surface area contributed by atoms with E-state index in [0.29, 0.717) is 0 Å². The molecule has 5 heteroatoms. The molecule has 12 heavy (non-hydrogen) atoms. The van der Waals surface area contributed by atoms with Crippen molar-refractivity contribution in [3.63, 3.8) is 0 Å². The number of hydrogen-bond donors (Lipinski definition) is 0. The molecule has 0 aliphatic rings. The second-order valence-electron chi connectivity index (χ2n) is 1.88. The predicted molar refractivity (Wildman–Crippen MR) is 50.9 cm³/mol. The first kappa shape index (κ1) is 9.41. The maximum atomic E-state index is 10.6. The van der Waals surface area contributed by atoms with Gasteiger partial charge >= 0.3 is 5.97 Å². The number of esters is 1. The van der Waals surface area contributed by atoms with Crippen LogP contribution in [0.1, 0.15) is 5.69 Å². The summed E-state index contributed by atoms with van der Waals surface area (Å²) in [5, 5.41) is 1.84. The van der Waals surface area contributed by atoms with Gasteiger partial charge in [-0.05, 0) is 22.0 Å². The third-order valence-corrected chi connectivity index (χ3v) is 2.47. The zero-order valence-corrected chi connectivity index (χ0v) is 8.68. The molecule has 0 fully saturated rings. The molecule has 0 saturated carbocycles. The van der Waals surface area contributed by atoms with Crippen LogP contribution in [0.3, 0.4) is 0 Å². The van der Waals surface area contributed by atoms with Crippen LogP contribution in [0, 0.1) is 0 Å². The van der Waals surface area contributed by atoms with Gasteiger partial charge in [-0.25, -0.2) is 9.78 Å². The number of ether oxygens (including phenoxy) is 1. The number of aromatic nitrogens is 1. The highest BCUT2D eigenvalue weighted by Gasteiger charge is 1.95. The van der Waals surface area contributed by atoms with E-state index in [1.807, 2.05) is 5.38 Å². The van der Waals surface area contributed by atoms with Gasteiger partial charge in [-0.1, -0.05) is 0 Å². The van der Waals surface area contributed by atoms with Crippen LogP contribution in [0.2, 0.25) is 0 Å². The van der Waals surface area contributed by atoms with E-state index < -0.39 is 0 Å². The van der Waals surface area contributed by atoms with Gasteiger partial charge in [0.1, 0.15) is 0 Å². The van der Waals surface area contributed by atoms with Crippen LogP contribution in [-0.2, 0) is 9.53 Å². The van der Waals surface area contributed by atoms with Gasteiger partial charge in [0.05, 0.1) is 12.8 Å². The first-order valence-electron chi connectivity index (χ1n) is 3.09. The van der Waals surface area contributed by atoms with Gasteiger partial charge in [-0.15, -0.1) is 11.3 Å². The summed E-state index contributed by atoms with van der Waals surface area (Å²) in [5.41, 5.74) is 0.747. The van der Waals surface area contributed by atoms with Crippen LogP contribution in [-0.4, -0.2) is 18.1 Å². The van der Waals surface area contributed by atoms with Crippen molar-refractivity contribution in [1.29, 1.82) is 0 Å². The summed E-state index contributed by atoms with van der Waals surface area (Å²) in [6.07, 6.45) is 2.94. The molecule has 0 spiro atoms. The van der Waals surface area contributed by atoms with Crippen LogP contribution in [0.15, 0.2) is 15.4 Å². The Labute approximate surface area is 82.2 Å². The maximum absolute atomic E-state index is 10.6. The van der Waals surface area contributed by atoms with Crippen molar-refractivity contribution in [3.05, 3.63) is 21.1 Å². The summed E-state index contributed by atoms with van der Waals surface area (Å²) in [6, 6.07) is 0. The molecule has 0 N–H and O–H groups in total. The van der Waals surface area contributed by atoms with Gasteiger partial charge in [0.25, 0.3) is 0 Å². The normalized spacial score (nSPS) is 10.5. The summed E-state index contributed by atoms with van der Waals surface area (Å²) < 4.78 is 5.22. The SMILES string of the molecule is COC(=O)C=Cc1csc(Br)n1. The molecule has 0 bridgehead atoms. The standard InChI is InChI=1S/C7H6BrNO2S/c1-11-6(10)3-2-5-4-12-7(8)9-5/h2-4H,1H3. The molecule has 0 saturated heterocycles. The minimum Gasteiger partial charge on any atom is -0.466 e. The molecule has 64 valence electrons. The van der Waals surface area contributed by atoms with E-state index in [1.165, 1.54) is 24.5 Å².